The van der Waals surface area contributed by atoms with E-state index in [1.165, 1.54) is 19.1 Å². The van der Waals surface area contributed by atoms with Gasteiger partial charge in [0, 0.05) is 24.4 Å². The van der Waals surface area contributed by atoms with Gasteiger partial charge in [-0.3, -0.25) is 4.79 Å². The zero-order chi connectivity index (χ0) is 25.3. The molecular formula is C25H22F5N3O2. The zero-order valence-electron chi connectivity index (χ0n) is 18.9. The fourth-order valence-corrected chi connectivity index (χ4v) is 3.79. The van der Waals surface area contributed by atoms with E-state index in [-0.39, 0.29) is 17.8 Å². The first kappa shape index (κ1) is 24.4. The molecule has 184 valence electrons. The predicted molar refractivity (Wildman–Crippen MR) is 120 cm³/mol. The maximum absolute atomic E-state index is 13.9. The summed E-state index contributed by atoms with van der Waals surface area (Å²) in [6.45, 7) is 1.88. The number of aromatic nitrogens is 2. The second-order valence-corrected chi connectivity index (χ2v) is 8.41. The Hall–Kier alpha value is -3.69. The molecule has 5 nitrogen and oxygen atoms in total. The van der Waals surface area contributed by atoms with Crippen LogP contribution in [0.2, 0.25) is 0 Å². The van der Waals surface area contributed by atoms with Gasteiger partial charge in [0.05, 0.1) is 17.8 Å². The number of fused-ring (bicyclic) bond motifs is 1. The number of benzene rings is 2. The van der Waals surface area contributed by atoms with Crippen molar-refractivity contribution in [1.29, 1.82) is 0 Å². The van der Waals surface area contributed by atoms with Crippen LogP contribution in [0.5, 0.6) is 5.75 Å². The lowest BCUT2D eigenvalue weighted by Gasteiger charge is -2.27. The zero-order valence-corrected chi connectivity index (χ0v) is 18.9. The number of rotatable bonds is 7. The highest BCUT2D eigenvalue weighted by atomic mass is 19.3. The number of nitrogens with zero attached hydrogens (tertiary/aromatic N) is 2. The van der Waals surface area contributed by atoms with Crippen molar-refractivity contribution in [2.75, 3.05) is 0 Å². The van der Waals surface area contributed by atoms with Crippen LogP contribution in [0.1, 0.15) is 38.4 Å². The Labute approximate surface area is 197 Å². The van der Waals surface area contributed by atoms with Crippen LogP contribution >= 0.6 is 0 Å². The van der Waals surface area contributed by atoms with Crippen LogP contribution in [-0.2, 0) is 4.79 Å². The number of carbonyl (C=O) groups is 1. The third-order valence-corrected chi connectivity index (χ3v) is 5.63. The SMILES string of the molecule is C[C@H](NC(=O)C(C)(F)F)[C@H](Oc1ccc2c(cnn2C2=CC=C(F)CC2)c1)c1ccc(F)c(F)c1. The molecule has 0 fully saturated rings. The van der Waals surface area contributed by atoms with Gasteiger partial charge in [-0.05, 0) is 61.4 Å². The number of allylic oxidation sites excluding steroid dienone is 4. The Morgan fingerprint density at radius 1 is 1.09 bits per heavy atom. The third-order valence-electron chi connectivity index (χ3n) is 5.63. The molecule has 1 N–H and O–H groups in total. The summed E-state index contributed by atoms with van der Waals surface area (Å²) in [4.78, 5) is 11.8. The quantitative estimate of drug-likeness (QED) is 0.408. The van der Waals surface area contributed by atoms with Gasteiger partial charge in [-0.25, -0.2) is 17.9 Å². The molecule has 0 saturated carbocycles. The first-order valence-corrected chi connectivity index (χ1v) is 10.9. The van der Waals surface area contributed by atoms with Crippen LogP contribution in [0.25, 0.3) is 16.6 Å². The van der Waals surface area contributed by atoms with E-state index in [2.05, 4.69) is 10.4 Å². The smallest absolute Gasteiger partial charge is 0.321 e. The molecule has 0 saturated heterocycles. The van der Waals surface area contributed by atoms with E-state index in [1.807, 2.05) is 0 Å². The fourth-order valence-electron chi connectivity index (χ4n) is 3.79. The van der Waals surface area contributed by atoms with E-state index < -0.39 is 35.6 Å². The minimum atomic E-state index is -3.63. The molecular weight excluding hydrogens is 469 g/mol. The number of halogens is 5. The van der Waals surface area contributed by atoms with Crippen LogP contribution < -0.4 is 10.1 Å². The molecule has 2 atom stereocenters. The van der Waals surface area contributed by atoms with Crippen molar-refractivity contribution < 1.29 is 31.5 Å². The third kappa shape index (κ3) is 5.36. The summed E-state index contributed by atoms with van der Waals surface area (Å²) in [5.41, 5.74) is 1.69. The number of hydrogen-bond acceptors (Lipinski definition) is 3. The normalized spacial score (nSPS) is 15.9. The molecule has 0 unspecified atom stereocenters. The fraction of sp³-hybridized carbons (Fsp3) is 0.280. The largest absolute Gasteiger partial charge is 0.484 e. The molecule has 0 aliphatic heterocycles. The molecule has 35 heavy (non-hydrogen) atoms. The Morgan fingerprint density at radius 3 is 2.51 bits per heavy atom. The lowest BCUT2D eigenvalue weighted by Crippen LogP contribution is -2.46. The standard InChI is InChI=1S/C25H22F5N3O2/c1-14(32-24(34)25(2,29)30)23(15-3-9-20(27)21(28)12-15)35-19-8-10-22-16(11-19)13-31-33(22)18-6-4-17(26)5-7-18/h3-4,6,8-14,23H,5,7H2,1-2H3,(H,32,34)/t14-,23-/m0/s1. The minimum absolute atomic E-state index is 0.146. The minimum Gasteiger partial charge on any atom is -0.484 e. The average Bonchev–Trinajstić information content (AvgIpc) is 3.22. The van der Waals surface area contributed by atoms with E-state index in [9.17, 15) is 26.7 Å². The van der Waals surface area contributed by atoms with Crippen molar-refractivity contribution in [3.63, 3.8) is 0 Å². The van der Waals surface area contributed by atoms with E-state index in [0.29, 0.717) is 24.5 Å². The molecule has 0 bridgehead atoms. The molecule has 0 radical (unpaired) electrons. The van der Waals surface area contributed by atoms with Crippen LogP contribution in [0.15, 0.2) is 60.6 Å². The topological polar surface area (TPSA) is 56.1 Å². The highest BCUT2D eigenvalue weighted by molar-refractivity contribution is 5.84. The molecule has 4 rings (SSSR count). The summed E-state index contributed by atoms with van der Waals surface area (Å²) in [5.74, 6) is -7.29. The highest BCUT2D eigenvalue weighted by Gasteiger charge is 2.35. The van der Waals surface area contributed by atoms with Gasteiger partial charge in [0.1, 0.15) is 17.7 Å². The van der Waals surface area contributed by atoms with Gasteiger partial charge in [0.2, 0.25) is 0 Å². The number of ether oxygens (including phenoxy) is 1. The van der Waals surface area contributed by atoms with Gasteiger partial charge >= 0.3 is 5.92 Å². The van der Waals surface area contributed by atoms with Crippen LogP contribution in [0.4, 0.5) is 22.0 Å². The van der Waals surface area contributed by atoms with Crippen molar-refractivity contribution in [1.82, 2.24) is 15.1 Å². The van der Waals surface area contributed by atoms with Crippen molar-refractivity contribution in [3.8, 4) is 5.75 Å². The Morgan fingerprint density at radius 2 is 1.86 bits per heavy atom. The summed E-state index contributed by atoms with van der Waals surface area (Å²) < 4.78 is 75.3. The monoisotopic (exact) mass is 491 g/mol. The second-order valence-electron chi connectivity index (χ2n) is 8.41. The lowest BCUT2D eigenvalue weighted by molar-refractivity contribution is -0.144. The summed E-state index contributed by atoms with van der Waals surface area (Å²) >= 11 is 0. The van der Waals surface area contributed by atoms with Crippen molar-refractivity contribution in [3.05, 3.63) is 77.8 Å². The van der Waals surface area contributed by atoms with Crippen LogP contribution in [-0.4, -0.2) is 27.7 Å². The first-order chi connectivity index (χ1) is 16.5. The molecule has 1 aromatic heterocycles. The average molecular weight is 491 g/mol. The van der Waals surface area contributed by atoms with E-state index in [4.69, 9.17) is 4.74 Å². The molecule has 1 aliphatic rings. The summed E-state index contributed by atoms with van der Waals surface area (Å²) in [5, 5.41) is 7.21. The number of alkyl halides is 2. The number of carbonyl (C=O) groups excluding carboxylic acids is 1. The van der Waals surface area contributed by atoms with Crippen LogP contribution in [0.3, 0.4) is 0 Å². The van der Waals surface area contributed by atoms with Gasteiger partial charge in [-0.2, -0.15) is 13.9 Å². The van der Waals surface area contributed by atoms with Gasteiger partial charge in [-0.15, -0.1) is 0 Å². The number of hydrogen-bond donors (Lipinski definition) is 1. The van der Waals surface area contributed by atoms with Crippen LogP contribution in [0, 0.1) is 11.6 Å². The van der Waals surface area contributed by atoms with Crippen molar-refractivity contribution in [2.45, 2.75) is 44.8 Å². The first-order valence-electron chi connectivity index (χ1n) is 10.9. The summed E-state index contributed by atoms with van der Waals surface area (Å²) in [6.07, 6.45) is 4.29. The molecule has 2 aromatic carbocycles. The maximum atomic E-state index is 13.9. The molecule has 3 aromatic rings. The van der Waals surface area contributed by atoms with Gasteiger partial charge in [0.15, 0.2) is 11.6 Å². The number of amides is 1. The second kappa shape index (κ2) is 9.52. The van der Waals surface area contributed by atoms with Gasteiger partial charge in [0.25, 0.3) is 5.91 Å². The van der Waals surface area contributed by atoms with Crippen molar-refractivity contribution >= 4 is 22.5 Å². The maximum Gasteiger partial charge on any atom is 0.321 e. The molecule has 10 heteroatoms. The summed E-state index contributed by atoms with van der Waals surface area (Å²) in [6, 6.07) is 7.00. The molecule has 1 heterocycles. The Bertz CT molecular complexity index is 1330. The molecule has 0 spiro atoms. The molecule has 1 aliphatic carbocycles. The van der Waals surface area contributed by atoms with E-state index in [0.717, 1.165) is 23.3 Å². The van der Waals surface area contributed by atoms with Crippen molar-refractivity contribution in [2.24, 2.45) is 0 Å². The van der Waals surface area contributed by atoms with E-state index in [1.54, 1.807) is 35.2 Å². The predicted octanol–water partition coefficient (Wildman–Crippen LogP) is 6.08. The number of nitrogens with one attached hydrogen (secondary N) is 1. The van der Waals surface area contributed by atoms with Gasteiger partial charge < -0.3 is 10.1 Å². The highest BCUT2D eigenvalue weighted by Crippen LogP contribution is 2.31. The van der Waals surface area contributed by atoms with Gasteiger partial charge in [-0.1, -0.05) is 6.07 Å². The van der Waals surface area contributed by atoms with E-state index >= 15 is 0 Å². The molecule has 1 amide bonds. The summed E-state index contributed by atoms with van der Waals surface area (Å²) in [7, 11) is 0. The Balaban J connectivity index is 1.64. The Kier molecular flexibility index (Phi) is 6.64. The lowest BCUT2D eigenvalue weighted by atomic mass is 10.0.